The van der Waals surface area contributed by atoms with Gasteiger partial charge in [0, 0.05) is 14.1 Å². The van der Waals surface area contributed by atoms with Crippen molar-refractivity contribution >= 4 is 11.8 Å². The third-order valence-electron chi connectivity index (χ3n) is 1.81. The van der Waals surface area contributed by atoms with Crippen molar-refractivity contribution in [3.8, 4) is 11.6 Å². The molecule has 2 N–H and O–H groups in total. The smallest absolute Gasteiger partial charge is 0.278 e. The van der Waals surface area contributed by atoms with Crippen LogP contribution in [0.2, 0.25) is 0 Å². The molecule has 0 fully saturated rings. The van der Waals surface area contributed by atoms with Crippen molar-refractivity contribution in [3.05, 3.63) is 18.2 Å². The number of aromatic nitrogens is 3. The van der Waals surface area contributed by atoms with Crippen LogP contribution in [-0.4, -0.2) is 29.2 Å². The lowest BCUT2D eigenvalue weighted by Gasteiger charge is -2.02. The van der Waals surface area contributed by atoms with Gasteiger partial charge in [0.25, 0.3) is 11.8 Å². The maximum absolute atomic E-state index is 5.55. The molecular weight excluding hydrogens is 194 g/mol. The van der Waals surface area contributed by atoms with Crippen LogP contribution in [0.1, 0.15) is 0 Å². The van der Waals surface area contributed by atoms with E-state index in [0.717, 1.165) is 0 Å². The van der Waals surface area contributed by atoms with Gasteiger partial charge >= 0.3 is 0 Å². The van der Waals surface area contributed by atoms with Crippen molar-refractivity contribution in [3.63, 3.8) is 0 Å². The van der Waals surface area contributed by atoms with Crippen LogP contribution in [0.25, 0.3) is 11.6 Å². The van der Waals surface area contributed by atoms with Crippen LogP contribution >= 0.6 is 0 Å². The zero-order chi connectivity index (χ0) is 10.8. The van der Waals surface area contributed by atoms with Crippen LogP contribution in [0.15, 0.2) is 22.7 Å². The molecule has 0 radical (unpaired) electrons. The highest BCUT2D eigenvalue weighted by atomic mass is 16.5. The minimum absolute atomic E-state index is 0.367. The lowest BCUT2D eigenvalue weighted by atomic mass is 10.3. The van der Waals surface area contributed by atoms with Gasteiger partial charge in [0.15, 0.2) is 0 Å². The molecule has 0 atom stereocenters. The molecule has 2 rings (SSSR count). The number of anilines is 2. The van der Waals surface area contributed by atoms with Crippen LogP contribution < -0.4 is 10.6 Å². The largest absolute Gasteiger partial charge is 0.384 e. The van der Waals surface area contributed by atoms with E-state index in [-0.39, 0.29) is 0 Å². The van der Waals surface area contributed by atoms with E-state index in [9.17, 15) is 0 Å². The Kier molecular flexibility index (Phi) is 2.24. The minimum Gasteiger partial charge on any atom is -0.384 e. The van der Waals surface area contributed by atoms with Gasteiger partial charge in [-0.05, 0) is 17.3 Å². The topological polar surface area (TPSA) is 81.1 Å². The number of hydrogen-bond acceptors (Lipinski definition) is 6. The molecule has 0 amide bonds. The Hall–Kier alpha value is -2.11. The standard InChI is InChI=1S/C9H11N5O/c1-14(2)9-12-8(15-13-9)6-4-3-5-7(10)11-6/h3-5H,1-2H3,(H2,10,11). The molecule has 2 aromatic heterocycles. The number of hydrogen-bond donors (Lipinski definition) is 1. The highest BCUT2D eigenvalue weighted by Gasteiger charge is 2.10. The third kappa shape index (κ3) is 1.88. The van der Waals surface area contributed by atoms with Crippen LogP contribution in [0.4, 0.5) is 11.8 Å². The zero-order valence-corrected chi connectivity index (χ0v) is 8.51. The summed E-state index contributed by atoms with van der Waals surface area (Å²) >= 11 is 0. The van der Waals surface area contributed by atoms with Gasteiger partial charge in [0.1, 0.15) is 11.5 Å². The first-order valence-electron chi connectivity index (χ1n) is 4.41. The summed E-state index contributed by atoms with van der Waals surface area (Å²) in [6, 6.07) is 5.26. The number of nitrogens with two attached hydrogens (primary N) is 1. The van der Waals surface area contributed by atoms with Crippen LogP contribution in [0.5, 0.6) is 0 Å². The van der Waals surface area contributed by atoms with Crippen molar-refractivity contribution in [2.24, 2.45) is 0 Å². The first kappa shape index (κ1) is 9.45. The maximum Gasteiger partial charge on any atom is 0.278 e. The van der Waals surface area contributed by atoms with Gasteiger partial charge in [0.05, 0.1) is 0 Å². The van der Waals surface area contributed by atoms with E-state index in [1.165, 1.54) is 0 Å². The lowest BCUT2D eigenvalue weighted by molar-refractivity contribution is 0.429. The molecule has 15 heavy (non-hydrogen) atoms. The fourth-order valence-corrected chi connectivity index (χ4v) is 1.07. The maximum atomic E-state index is 5.55. The number of rotatable bonds is 2. The molecule has 0 aliphatic carbocycles. The predicted octanol–water partition coefficient (Wildman–Crippen LogP) is 0.780. The third-order valence-corrected chi connectivity index (χ3v) is 1.81. The highest BCUT2D eigenvalue weighted by molar-refractivity contribution is 5.51. The number of nitrogen functional groups attached to an aromatic ring is 1. The van der Waals surface area contributed by atoms with E-state index in [4.69, 9.17) is 10.3 Å². The Morgan fingerprint density at radius 3 is 2.67 bits per heavy atom. The van der Waals surface area contributed by atoms with E-state index in [1.54, 1.807) is 23.1 Å². The average Bonchev–Trinajstić information content (AvgIpc) is 2.66. The molecular formula is C9H11N5O. The highest BCUT2D eigenvalue weighted by Crippen LogP contribution is 2.17. The van der Waals surface area contributed by atoms with E-state index < -0.39 is 0 Å². The second-order valence-corrected chi connectivity index (χ2v) is 3.24. The Balaban J connectivity index is 2.37. The van der Waals surface area contributed by atoms with E-state index in [2.05, 4.69) is 15.1 Å². The average molecular weight is 205 g/mol. The normalized spacial score (nSPS) is 10.3. The van der Waals surface area contributed by atoms with Crippen molar-refractivity contribution < 1.29 is 4.52 Å². The van der Waals surface area contributed by atoms with Gasteiger partial charge in [-0.3, -0.25) is 0 Å². The molecule has 78 valence electrons. The fraction of sp³-hybridized carbons (Fsp3) is 0.222. The van der Waals surface area contributed by atoms with Gasteiger partial charge in [-0.15, -0.1) is 0 Å². The fourth-order valence-electron chi connectivity index (χ4n) is 1.07. The summed E-state index contributed by atoms with van der Waals surface area (Å²) in [5.74, 6) is 1.30. The quantitative estimate of drug-likeness (QED) is 0.780. The van der Waals surface area contributed by atoms with Crippen molar-refractivity contribution in [1.82, 2.24) is 15.1 Å². The molecule has 0 saturated carbocycles. The molecule has 0 aromatic carbocycles. The summed E-state index contributed by atoms with van der Waals surface area (Å²) in [5, 5.41) is 3.78. The van der Waals surface area contributed by atoms with E-state index >= 15 is 0 Å². The van der Waals surface area contributed by atoms with Crippen molar-refractivity contribution in [2.75, 3.05) is 24.7 Å². The molecule has 0 saturated heterocycles. The van der Waals surface area contributed by atoms with Crippen LogP contribution in [0, 0.1) is 0 Å². The van der Waals surface area contributed by atoms with Crippen molar-refractivity contribution in [2.45, 2.75) is 0 Å². The second-order valence-electron chi connectivity index (χ2n) is 3.24. The Morgan fingerprint density at radius 1 is 1.27 bits per heavy atom. The molecule has 2 heterocycles. The van der Waals surface area contributed by atoms with Gasteiger partial charge in [-0.1, -0.05) is 6.07 Å². The second kappa shape index (κ2) is 3.56. The summed E-state index contributed by atoms with van der Waals surface area (Å²) in [6.45, 7) is 0. The summed E-state index contributed by atoms with van der Waals surface area (Å²) < 4.78 is 5.05. The first-order chi connectivity index (χ1) is 7.16. The first-order valence-corrected chi connectivity index (χ1v) is 4.41. The molecule has 0 aliphatic rings. The van der Waals surface area contributed by atoms with Crippen LogP contribution in [0.3, 0.4) is 0 Å². The molecule has 6 nitrogen and oxygen atoms in total. The lowest BCUT2D eigenvalue weighted by Crippen LogP contribution is -2.10. The molecule has 6 heteroatoms. The zero-order valence-electron chi connectivity index (χ0n) is 8.51. The summed E-state index contributed by atoms with van der Waals surface area (Å²) in [7, 11) is 3.67. The molecule has 2 aromatic rings. The molecule has 0 aliphatic heterocycles. The molecule has 0 bridgehead atoms. The van der Waals surface area contributed by atoms with Crippen molar-refractivity contribution in [1.29, 1.82) is 0 Å². The predicted molar refractivity (Wildman–Crippen MR) is 56.3 cm³/mol. The monoisotopic (exact) mass is 205 g/mol. The Morgan fingerprint density at radius 2 is 2.07 bits per heavy atom. The Labute approximate surface area is 86.7 Å². The summed E-state index contributed by atoms with van der Waals surface area (Å²) in [5.41, 5.74) is 6.13. The number of pyridine rings is 1. The SMILES string of the molecule is CN(C)c1noc(-c2cccc(N)n2)n1. The minimum atomic E-state index is 0.367. The molecule has 0 spiro atoms. The Bertz CT molecular complexity index is 465. The van der Waals surface area contributed by atoms with Gasteiger partial charge in [-0.25, -0.2) is 4.98 Å². The van der Waals surface area contributed by atoms with E-state index in [0.29, 0.717) is 23.4 Å². The summed E-state index contributed by atoms with van der Waals surface area (Å²) in [4.78, 5) is 9.98. The summed E-state index contributed by atoms with van der Waals surface area (Å²) in [6.07, 6.45) is 0. The van der Waals surface area contributed by atoms with E-state index in [1.807, 2.05) is 14.1 Å². The molecule has 0 unspecified atom stereocenters. The van der Waals surface area contributed by atoms with Gasteiger partial charge in [0.2, 0.25) is 0 Å². The van der Waals surface area contributed by atoms with Crippen LogP contribution in [-0.2, 0) is 0 Å². The van der Waals surface area contributed by atoms with Gasteiger partial charge in [-0.2, -0.15) is 4.98 Å². The number of nitrogens with zero attached hydrogens (tertiary/aromatic N) is 4. The van der Waals surface area contributed by atoms with Gasteiger partial charge < -0.3 is 15.2 Å².